The second kappa shape index (κ2) is 9.07. The Morgan fingerprint density at radius 3 is 1.82 bits per heavy atom. The number of halogens is 3. The van der Waals surface area contributed by atoms with Crippen LogP contribution in [0.3, 0.4) is 0 Å². The third-order valence-corrected chi connectivity index (χ3v) is 3.94. The van der Waals surface area contributed by atoms with E-state index in [0.717, 1.165) is 20.3 Å². The van der Waals surface area contributed by atoms with E-state index >= 15 is 0 Å². The summed E-state index contributed by atoms with van der Waals surface area (Å²) in [4.78, 5) is 0. The highest BCUT2D eigenvalue weighted by Crippen LogP contribution is 2.14. The molecule has 1 aromatic heterocycles. The average Bonchev–Trinajstić information content (AvgIpc) is 2.90. The van der Waals surface area contributed by atoms with E-state index in [1.807, 2.05) is 36.7 Å². The SMILES string of the molecule is Brc1ccc(-n2cc[n+](-c3ccc(Br)cc3)c2)cc1.O.O.[Cl-]. The molecule has 0 saturated heterocycles. The van der Waals surface area contributed by atoms with E-state index in [9.17, 15) is 0 Å². The van der Waals surface area contributed by atoms with Crippen molar-refractivity contribution >= 4 is 31.9 Å². The highest BCUT2D eigenvalue weighted by molar-refractivity contribution is 9.10. The molecule has 3 aromatic rings. The van der Waals surface area contributed by atoms with E-state index in [4.69, 9.17) is 0 Å². The van der Waals surface area contributed by atoms with Gasteiger partial charge in [-0.3, -0.25) is 0 Å². The van der Waals surface area contributed by atoms with E-state index in [1.54, 1.807) is 0 Å². The number of aromatic nitrogens is 2. The summed E-state index contributed by atoms with van der Waals surface area (Å²) in [6.45, 7) is 0. The fraction of sp³-hybridized carbons (Fsp3) is 0. The van der Waals surface area contributed by atoms with Crippen LogP contribution in [0.25, 0.3) is 11.4 Å². The number of imidazole rings is 1. The summed E-state index contributed by atoms with van der Waals surface area (Å²) < 4.78 is 6.36. The highest BCUT2D eigenvalue weighted by atomic mass is 79.9. The van der Waals surface area contributed by atoms with Crippen LogP contribution in [0.15, 0.2) is 76.2 Å². The lowest BCUT2D eigenvalue weighted by Crippen LogP contribution is -3.00. The Morgan fingerprint density at radius 1 is 0.773 bits per heavy atom. The van der Waals surface area contributed by atoms with Crippen molar-refractivity contribution < 1.29 is 27.9 Å². The lowest BCUT2D eigenvalue weighted by Gasteiger charge is -1.97. The predicted molar refractivity (Wildman–Crippen MR) is 89.9 cm³/mol. The average molecular weight is 451 g/mol. The lowest BCUT2D eigenvalue weighted by atomic mass is 10.3. The predicted octanol–water partition coefficient (Wildman–Crippen LogP) is -0.366. The quantitative estimate of drug-likeness (QED) is 0.479. The minimum Gasteiger partial charge on any atom is -1.00 e. The largest absolute Gasteiger partial charge is 1.00 e. The van der Waals surface area contributed by atoms with Crippen molar-refractivity contribution in [2.45, 2.75) is 0 Å². The van der Waals surface area contributed by atoms with Gasteiger partial charge in [0.05, 0.1) is 0 Å². The zero-order valence-electron chi connectivity index (χ0n) is 11.4. The van der Waals surface area contributed by atoms with E-state index in [1.165, 1.54) is 0 Å². The van der Waals surface area contributed by atoms with Gasteiger partial charge in [-0.25, -0.2) is 9.13 Å². The molecular weight excluding hydrogens is 435 g/mol. The van der Waals surface area contributed by atoms with Gasteiger partial charge in [0.2, 0.25) is 0 Å². The van der Waals surface area contributed by atoms with Gasteiger partial charge in [0.1, 0.15) is 23.8 Å². The van der Waals surface area contributed by atoms with Crippen LogP contribution in [-0.2, 0) is 0 Å². The molecule has 0 saturated carbocycles. The molecule has 4 N–H and O–H groups in total. The first-order valence-corrected chi connectivity index (χ1v) is 7.42. The first-order valence-electron chi connectivity index (χ1n) is 5.83. The van der Waals surface area contributed by atoms with Gasteiger partial charge in [-0.15, -0.1) is 0 Å². The molecule has 118 valence electrons. The fourth-order valence-corrected chi connectivity index (χ4v) is 2.42. The Balaban J connectivity index is 0.00000147. The Labute approximate surface area is 151 Å². The molecule has 0 fully saturated rings. The molecule has 0 unspecified atom stereocenters. The molecule has 0 aliphatic rings. The second-order valence-corrected chi connectivity index (χ2v) is 6.01. The van der Waals surface area contributed by atoms with Gasteiger partial charge < -0.3 is 23.4 Å². The normalized spacial score (nSPS) is 9.18. The van der Waals surface area contributed by atoms with Crippen molar-refractivity contribution in [3.63, 3.8) is 0 Å². The van der Waals surface area contributed by atoms with Crippen molar-refractivity contribution in [1.82, 2.24) is 4.57 Å². The smallest absolute Gasteiger partial charge is 0.254 e. The maximum Gasteiger partial charge on any atom is 0.254 e. The maximum atomic E-state index is 3.45. The molecule has 7 heteroatoms. The third kappa shape index (κ3) is 4.66. The van der Waals surface area contributed by atoms with Crippen molar-refractivity contribution in [1.29, 1.82) is 0 Å². The summed E-state index contributed by atoms with van der Waals surface area (Å²) in [6, 6.07) is 16.5. The minimum atomic E-state index is 0. The van der Waals surface area contributed by atoms with Crippen LogP contribution in [0, 0.1) is 0 Å². The van der Waals surface area contributed by atoms with E-state index in [0.29, 0.717) is 0 Å². The van der Waals surface area contributed by atoms with Gasteiger partial charge >= 0.3 is 0 Å². The molecule has 2 aromatic carbocycles. The van der Waals surface area contributed by atoms with Crippen LogP contribution in [0.1, 0.15) is 0 Å². The van der Waals surface area contributed by atoms with Crippen LogP contribution in [-0.4, -0.2) is 15.5 Å². The molecule has 3 rings (SSSR count). The van der Waals surface area contributed by atoms with Crippen LogP contribution >= 0.6 is 31.9 Å². The van der Waals surface area contributed by atoms with Crippen molar-refractivity contribution in [3.8, 4) is 11.4 Å². The number of hydrogen-bond donors (Lipinski definition) is 0. The zero-order chi connectivity index (χ0) is 13.2. The summed E-state index contributed by atoms with van der Waals surface area (Å²) in [5.74, 6) is 0. The van der Waals surface area contributed by atoms with Gasteiger partial charge in [-0.1, -0.05) is 31.9 Å². The molecule has 0 spiro atoms. The summed E-state index contributed by atoms with van der Waals surface area (Å²) in [6.07, 6.45) is 6.16. The number of nitrogens with zero attached hydrogens (tertiary/aromatic N) is 2. The minimum absolute atomic E-state index is 0. The van der Waals surface area contributed by atoms with E-state index in [2.05, 4.69) is 71.6 Å². The molecular formula is C15H15Br2ClN2O2. The molecule has 1 heterocycles. The van der Waals surface area contributed by atoms with Crippen molar-refractivity contribution in [3.05, 3.63) is 76.2 Å². The summed E-state index contributed by atoms with van der Waals surface area (Å²) in [5, 5.41) is 0. The Hall–Kier alpha value is -1.18. The number of rotatable bonds is 2. The summed E-state index contributed by atoms with van der Waals surface area (Å²) >= 11 is 6.90. The summed E-state index contributed by atoms with van der Waals surface area (Å²) in [7, 11) is 0. The topological polar surface area (TPSA) is 71.8 Å². The fourth-order valence-electron chi connectivity index (χ4n) is 1.89. The van der Waals surface area contributed by atoms with Crippen LogP contribution in [0.5, 0.6) is 0 Å². The van der Waals surface area contributed by atoms with Crippen LogP contribution < -0.4 is 17.0 Å². The van der Waals surface area contributed by atoms with E-state index < -0.39 is 0 Å². The standard InChI is InChI=1S/C15H11Br2N2.ClH.2H2O/c16-12-1-5-14(6-2-12)18-9-10-19(11-18)15-7-3-13(17)4-8-15;;;/h1-11H;1H;2*1H2/q+1;;;/p-1. The lowest BCUT2D eigenvalue weighted by molar-refractivity contribution is -0.594. The van der Waals surface area contributed by atoms with Crippen LogP contribution in [0.4, 0.5) is 0 Å². The maximum absolute atomic E-state index is 3.45. The molecule has 0 bridgehead atoms. The van der Waals surface area contributed by atoms with E-state index in [-0.39, 0.29) is 23.4 Å². The highest BCUT2D eigenvalue weighted by Gasteiger charge is 2.08. The van der Waals surface area contributed by atoms with Gasteiger partial charge in [0, 0.05) is 8.95 Å². The zero-order valence-corrected chi connectivity index (χ0v) is 15.3. The molecule has 0 radical (unpaired) electrons. The Morgan fingerprint density at radius 2 is 1.27 bits per heavy atom. The van der Waals surface area contributed by atoms with Crippen LogP contribution in [0.2, 0.25) is 0 Å². The molecule has 0 aliphatic heterocycles. The molecule has 4 nitrogen and oxygen atoms in total. The molecule has 22 heavy (non-hydrogen) atoms. The summed E-state index contributed by atoms with van der Waals surface area (Å²) in [5.41, 5.74) is 2.28. The van der Waals surface area contributed by atoms with Crippen molar-refractivity contribution in [2.24, 2.45) is 0 Å². The first-order chi connectivity index (χ1) is 9.22. The van der Waals surface area contributed by atoms with Gasteiger partial charge in [0.25, 0.3) is 6.33 Å². The number of benzene rings is 2. The third-order valence-electron chi connectivity index (χ3n) is 2.89. The van der Waals surface area contributed by atoms with Crippen molar-refractivity contribution in [2.75, 3.05) is 0 Å². The number of hydrogen-bond acceptors (Lipinski definition) is 0. The molecule has 0 atom stereocenters. The van der Waals surface area contributed by atoms with Gasteiger partial charge in [-0.05, 0) is 48.5 Å². The van der Waals surface area contributed by atoms with Gasteiger partial charge in [0.15, 0.2) is 0 Å². The molecule has 0 aliphatic carbocycles. The first kappa shape index (κ1) is 20.8. The molecule has 0 amide bonds. The monoisotopic (exact) mass is 448 g/mol. The Kier molecular flexibility index (Phi) is 8.58. The van der Waals surface area contributed by atoms with Gasteiger partial charge in [-0.2, -0.15) is 0 Å². The Bertz CT molecular complexity index is 640. The second-order valence-electron chi connectivity index (χ2n) is 4.18.